The van der Waals surface area contributed by atoms with Gasteiger partial charge in [0.2, 0.25) is 0 Å². The molecule has 1 aromatic heterocycles. The van der Waals surface area contributed by atoms with Crippen molar-refractivity contribution in [2.24, 2.45) is 0 Å². The molecule has 0 aliphatic heterocycles. The number of carbonyl (C=O) groups excluding carboxylic acids is 1. The molecule has 0 spiro atoms. The number of thiophene rings is 1. The van der Waals surface area contributed by atoms with Crippen molar-refractivity contribution in [3.05, 3.63) is 80.7 Å². The summed E-state index contributed by atoms with van der Waals surface area (Å²) in [6.07, 6.45) is 4.13. The molecule has 0 saturated heterocycles. The summed E-state index contributed by atoms with van der Waals surface area (Å²) in [5.41, 5.74) is 3.22. The highest BCUT2D eigenvalue weighted by molar-refractivity contribution is 7.16. The first kappa shape index (κ1) is 19.5. The van der Waals surface area contributed by atoms with Gasteiger partial charge in [0, 0.05) is 15.5 Å². The van der Waals surface area contributed by atoms with Crippen LogP contribution in [0.4, 0.5) is 5.00 Å². The van der Waals surface area contributed by atoms with Crippen LogP contribution in [0.25, 0.3) is 0 Å². The maximum absolute atomic E-state index is 12.8. The van der Waals surface area contributed by atoms with E-state index in [1.54, 1.807) is 18.2 Å². The molecule has 1 amide bonds. The third-order valence-electron chi connectivity index (χ3n) is 4.93. The molecule has 0 saturated carbocycles. The highest BCUT2D eigenvalue weighted by Gasteiger charge is 2.22. The molecule has 4 nitrogen and oxygen atoms in total. The maximum Gasteiger partial charge on any atom is 0.256 e. The molecule has 0 bridgehead atoms. The van der Waals surface area contributed by atoms with Gasteiger partial charge in [-0.15, -0.1) is 11.3 Å². The van der Waals surface area contributed by atoms with Crippen LogP contribution < -0.4 is 10.1 Å². The van der Waals surface area contributed by atoms with Crippen molar-refractivity contribution >= 4 is 33.8 Å². The van der Waals surface area contributed by atoms with E-state index in [0.29, 0.717) is 33.5 Å². The number of carbonyl (C=O) groups is 1. The van der Waals surface area contributed by atoms with Gasteiger partial charge in [-0.2, -0.15) is 5.26 Å². The Morgan fingerprint density at radius 2 is 1.97 bits per heavy atom. The third kappa shape index (κ3) is 4.45. The molecule has 1 aliphatic carbocycles. The molecule has 6 heteroatoms. The number of benzene rings is 2. The van der Waals surface area contributed by atoms with Crippen LogP contribution in [0.1, 0.15) is 44.8 Å². The number of nitriles is 1. The average Bonchev–Trinajstić information content (AvgIpc) is 3.10. The summed E-state index contributed by atoms with van der Waals surface area (Å²) in [4.78, 5) is 14.0. The number of rotatable bonds is 5. The van der Waals surface area contributed by atoms with E-state index < -0.39 is 0 Å². The van der Waals surface area contributed by atoms with Crippen molar-refractivity contribution in [3.63, 3.8) is 0 Å². The Kier molecular flexibility index (Phi) is 5.84. The molecule has 0 unspecified atom stereocenters. The number of fused-ring (bicyclic) bond motifs is 1. The zero-order valence-electron chi connectivity index (χ0n) is 15.7. The minimum Gasteiger partial charge on any atom is -0.489 e. The number of nitrogens with one attached hydrogen (secondary N) is 1. The lowest BCUT2D eigenvalue weighted by atomic mass is 9.96. The van der Waals surface area contributed by atoms with E-state index in [1.165, 1.54) is 16.2 Å². The van der Waals surface area contributed by atoms with E-state index in [0.717, 1.165) is 36.8 Å². The Balaban J connectivity index is 1.47. The fourth-order valence-electron chi connectivity index (χ4n) is 3.42. The third-order valence-corrected chi connectivity index (χ3v) is 6.38. The van der Waals surface area contributed by atoms with Crippen molar-refractivity contribution in [2.75, 3.05) is 5.32 Å². The van der Waals surface area contributed by atoms with E-state index in [-0.39, 0.29) is 5.91 Å². The van der Waals surface area contributed by atoms with Crippen LogP contribution in [-0.4, -0.2) is 5.91 Å². The molecule has 0 atom stereocenters. The predicted molar refractivity (Wildman–Crippen MR) is 116 cm³/mol. The van der Waals surface area contributed by atoms with Crippen molar-refractivity contribution in [1.82, 2.24) is 0 Å². The summed E-state index contributed by atoms with van der Waals surface area (Å²) in [6.45, 7) is 0.387. The molecule has 0 fully saturated rings. The van der Waals surface area contributed by atoms with Gasteiger partial charge in [0.25, 0.3) is 5.91 Å². The second kappa shape index (κ2) is 8.69. The minimum absolute atomic E-state index is 0.239. The molecule has 1 N–H and O–H groups in total. The van der Waals surface area contributed by atoms with Crippen molar-refractivity contribution < 1.29 is 9.53 Å². The molecular weight excluding hydrogens is 404 g/mol. The molecule has 0 radical (unpaired) electrons. The zero-order chi connectivity index (χ0) is 20.2. The van der Waals surface area contributed by atoms with Crippen LogP contribution in [0.15, 0.2) is 48.5 Å². The van der Waals surface area contributed by atoms with Crippen molar-refractivity contribution in [3.8, 4) is 11.8 Å². The van der Waals surface area contributed by atoms with Crippen LogP contribution >= 0.6 is 22.9 Å². The maximum atomic E-state index is 12.8. The lowest BCUT2D eigenvalue weighted by molar-refractivity contribution is 0.102. The van der Waals surface area contributed by atoms with Crippen molar-refractivity contribution in [1.29, 1.82) is 5.26 Å². The molecule has 1 aliphatic rings. The highest BCUT2D eigenvalue weighted by atomic mass is 35.5. The monoisotopic (exact) mass is 422 g/mol. The summed E-state index contributed by atoms with van der Waals surface area (Å²) in [5, 5.41) is 13.8. The van der Waals surface area contributed by atoms with Gasteiger partial charge in [0.1, 0.15) is 23.4 Å². The number of nitrogens with zero attached hydrogens (tertiary/aromatic N) is 1. The summed E-state index contributed by atoms with van der Waals surface area (Å²) < 4.78 is 5.81. The topological polar surface area (TPSA) is 62.1 Å². The first-order chi connectivity index (χ1) is 14.1. The SMILES string of the molecule is N#Cc1c(NC(=O)c2cccc(OCc3ccc(Cl)cc3)c2)sc2c1CCCC2. The molecule has 29 heavy (non-hydrogen) atoms. The fourth-order valence-corrected chi connectivity index (χ4v) is 4.78. The number of anilines is 1. The number of ether oxygens (including phenoxy) is 1. The van der Waals surface area contributed by atoms with Gasteiger partial charge < -0.3 is 10.1 Å². The second-order valence-corrected chi connectivity index (χ2v) is 8.47. The van der Waals surface area contributed by atoms with Gasteiger partial charge in [-0.3, -0.25) is 4.79 Å². The van der Waals surface area contributed by atoms with Crippen LogP contribution in [0.2, 0.25) is 5.02 Å². The summed E-state index contributed by atoms with van der Waals surface area (Å²) >= 11 is 7.43. The number of hydrogen-bond donors (Lipinski definition) is 1. The first-order valence-electron chi connectivity index (χ1n) is 9.47. The van der Waals surface area contributed by atoms with Crippen LogP contribution in [-0.2, 0) is 19.4 Å². The molecule has 2 aromatic carbocycles. The number of halogens is 1. The normalized spacial score (nSPS) is 12.7. The number of amides is 1. The quantitative estimate of drug-likeness (QED) is 0.549. The molecule has 4 rings (SSSR count). The van der Waals surface area contributed by atoms with Gasteiger partial charge >= 0.3 is 0 Å². The van der Waals surface area contributed by atoms with E-state index >= 15 is 0 Å². The molecular formula is C23H19ClN2O2S. The predicted octanol–water partition coefficient (Wildman–Crippen LogP) is 5.98. The van der Waals surface area contributed by atoms with Crippen molar-refractivity contribution in [2.45, 2.75) is 32.3 Å². The highest BCUT2D eigenvalue weighted by Crippen LogP contribution is 2.37. The van der Waals surface area contributed by atoms with Gasteiger partial charge in [-0.1, -0.05) is 29.8 Å². The van der Waals surface area contributed by atoms with Gasteiger partial charge in [0.15, 0.2) is 0 Å². The fraction of sp³-hybridized carbons (Fsp3) is 0.217. The number of aryl methyl sites for hydroxylation is 1. The average molecular weight is 423 g/mol. The van der Waals surface area contributed by atoms with Crippen LogP contribution in [0, 0.1) is 11.3 Å². The van der Waals surface area contributed by atoms with E-state index in [4.69, 9.17) is 16.3 Å². The molecule has 3 aromatic rings. The smallest absolute Gasteiger partial charge is 0.256 e. The van der Waals surface area contributed by atoms with Gasteiger partial charge in [-0.25, -0.2) is 0 Å². The minimum atomic E-state index is -0.239. The van der Waals surface area contributed by atoms with Gasteiger partial charge in [-0.05, 0) is 67.1 Å². The first-order valence-corrected chi connectivity index (χ1v) is 10.7. The Morgan fingerprint density at radius 1 is 1.17 bits per heavy atom. The summed E-state index contributed by atoms with van der Waals surface area (Å²) in [5.74, 6) is 0.371. The van der Waals surface area contributed by atoms with Crippen LogP contribution in [0.5, 0.6) is 5.75 Å². The lowest BCUT2D eigenvalue weighted by Gasteiger charge is -2.09. The Bertz CT molecular complexity index is 1080. The Hall–Kier alpha value is -2.81. The van der Waals surface area contributed by atoms with E-state index in [1.807, 2.05) is 30.3 Å². The number of hydrogen-bond acceptors (Lipinski definition) is 4. The summed E-state index contributed by atoms with van der Waals surface area (Å²) in [6, 6.07) is 16.8. The standard InChI is InChI=1S/C23H19ClN2O2S/c24-17-10-8-15(9-11-17)14-28-18-5-3-4-16(12-18)22(27)26-23-20(13-25)19-6-1-2-7-21(19)29-23/h3-5,8-12H,1-2,6-7,14H2,(H,26,27). The second-order valence-electron chi connectivity index (χ2n) is 6.92. The Morgan fingerprint density at radius 3 is 2.76 bits per heavy atom. The van der Waals surface area contributed by atoms with E-state index in [2.05, 4.69) is 11.4 Å². The lowest BCUT2D eigenvalue weighted by Crippen LogP contribution is -2.12. The largest absolute Gasteiger partial charge is 0.489 e. The molecule has 1 heterocycles. The zero-order valence-corrected chi connectivity index (χ0v) is 17.3. The van der Waals surface area contributed by atoms with Gasteiger partial charge in [0.05, 0.1) is 5.56 Å². The Labute approximate surface area is 178 Å². The summed E-state index contributed by atoms with van der Waals surface area (Å²) in [7, 11) is 0. The molecule has 146 valence electrons. The van der Waals surface area contributed by atoms with Crippen LogP contribution in [0.3, 0.4) is 0 Å². The van der Waals surface area contributed by atoms with E-state index in [9.17, 15) is 10.1 Å².